The zero-order valence-electron chi connectivity index (χ0n) is 10.0. The fourth-order valence-electron chi connectivity index (χ4n) is 1.49. The first kappa shape index (κ1) is 13.1. The topological polar surface area (TPSA) is 117 Å². The molecule has 10 heteroatoms. The Morgan fingerprint density at radius 1 is 1.28 bits per heavy atom. The minimum Gasteiger partial charge on any atom is -0.299 e. The van der Waals surface area contributed by atoms with Crippen molar-refractivity contribution in [2.24, 2.45) is 12.2 Å². The second-order valence-corrected chi connectivity index (χ2v) is 6.26. The molecule has 0 bridgehead atoms. The summed E-state index contributed by atoms with van der Waals surface area (Å²) in [6.45, 7) is 3.94. The van der Waals surface area contributed by atoms with Crippen LogP contribution in [0.15, 0.2) is 5.16 Å². The summed E-state index contributed by atoms with van der Waals surface area (Å²) in [4.78, 5) is 0.704. The summed E-state index contributed by atoms with van der Waals surface area (Å²) < 4.78 is 27.8. The third-order valence-corrected chi connectivity index (χ3v) is 3.95. The lowest BCUT2D eigenvalue weighted by molar-refractivity contribution is 0.580. The van der Waals surface area contributed by atoms with E-state index in [9.17, 15) is 8.42 Å². The summed E-state index contributed by atoms with van der Waals surface area (Å²) in [5, 5.41) is 16.2. The van der Waals surface area contributed by atoms with Crippen LogP contribution in [-0.4, -0.2) is 32.8 Å². The van der Waals surface area contributed by atoms with Crippen LogP contribution in [0.3, 0.4) is 0 Å². The monoisotopic (exact) mass is 288 g/mol. The van der Waals surface area contributed by atoms with Crippen LogP contribution in [0.5, 0.6) is 0 Å². The van der Waals surface area contributed by atoms with Gasteiger partial charge in [-0.25, -0.2) is 13.6 Å². The van der Waals surface area contributed by atoms with Crippen molar-refractivity contribution in [3.8, 4) is 10.7 Å². The second-order valence-electron chi connectivity index (χ2n) is 4.05. The molecule has 98 valence electrons. The lowest BCUT2D eigenvalue weighted by atomic mass is 10.1. The van der Waals surface area contributed by atoms with Crippen LogP contribution in [0.2, 0.25) is 0 Å². The summed E-state index contributed by atoms with van der Waals surface area (Å²) in [6.07, 6.45) is 0. The van der Waals surface area contributed by atoms with E-state index in [4.69, 9.17) is 5.14 Å². The largest absolute Gasteiger partial charge is 0.299 e. The van der Waals surface area contributed by atoms with Gasteiger partial charge in [-0.05, 0) is 17.5 Å². The first-order valence-corrected chi connectivity index (χ1v) is 7.39. The number of nitrogens with two attached hydrogens (primary N) is 1. The van der Waals surface area contributed by atoms with Gasteiger partial charge in [0, 0.05) is 7.05 Å². The molecule has 2 heterocycles. The average molecular weight is 288 g/mol. The van der Waals surface area contributed by atoms with Crippen LogP contribution < -0.4 is 5.14 Å². The highest BCUT2D eigenvalue weighted by molar-refractivity contribution is 7.89. The molecule has 0 aliphatic rings. The zero-order chi connectivity index (χ0) is 13.5. The Hall–Kier alpha value is -1.39. The van der Waals surface area contributed by atoms with E-state index in [0.717, 1.165) is 17.2 Å². The molecule has 2 aromatic heterocycles. The van der Waals surface area contributed by atoms with Crippen molar-refractivity contribution in [3.63, 3.8) is 0 Å². The molecule has 0 aliphatic heterocycles. The maximum Gasteiger partial charge on any atom is 0.273 e. The molecule has 0 saturated heterocycles. The lowest BCUT2D eigenvalue weighted by Crippen LogP contribution is -2.17. The first-order valence-electron chi connectivity index (χ1n) is 5.07. The quantitative estimate of drug-likeness (QED) is 0.856. The average Bonchev–Trinajstić information content (AvgIpc) is 2.81. The van der Waals surface area contributed by atoms with Crippen molar-refractivity contribution in [2.45, 2.75) is 24.9 Å². The van der Waals surface area contributed by atoms with E-state index >= 15 is 0 Å². The van der Waals surface area contributed by atoms with Crippen LogP contribution in [0.4, 0.5) is 0 Å². The molecule has 2 N–H and O–H groups in total. The molecule has 0 saturated carbocycles. The van der Waals surface area contributed by atoms with Crippen molar-refractivity contribution in [1.82, 2.24) is 24.4 Å². The predicted octanol–water partition coefficient (Wildman–Crippen LogP) is 0.104. The maximum atomic E-state index is 11.3. The van der Waals surface area contributed by atoms with Gasteiger partial charge >= 0.3 is 0 Å². The Bertz CT molecular complexity index is 672. The normalized spacial score (nSPS) is 12.3. The van der Waals surface area contributed by atoms with Crippen molar-refractivity contribution >= 4 is 21.6 Å². The van der Waals surface area contributed by atoms with Gasteiger partial charge < -0.3 is 0 Å². The van der Waals surface area contributed by atoms with E-state index in [2.05, 4.69) is 19.8 Å². The number of primary sulfonamides is 1. The highest BCUT2D eigenvalue weighted by Crippen LogP contribution is 2.29. The molecule has 2 rings (SSSR count). The van der Waals surface area contributed by atoms with Gasteiger partial charge in [0.2, 0.25) is 0 Å². The molecule has 0 fully saturated rings. The smallest absolute Gasteiger partial charge is 0.273 e. The molecular formula is C8H12N6O2S2. The van der Waals surface area contributed by atoms with Gasteiger partial charge in [-0.1, -0.05) is 18.3 Å². The van der Waals surface area contributed by atoms with E-state index in [1.54, 1.807) is 7.05 Å². The predicted molar refractivity (Wildman–Crippen MR) is 65.4 cm³/mol. The van der Waals surface area contributed by atoms with Gasteiger partial charge in [-0.3, -0.25) is 4.57 Å². The molecule has 0 aromatic carbocycles. The number of hydrogen-bond acceptors (Lipinski definition) is 7. The zero-order valence-corrected chi connectivity index (χ0v) is 11.7. The van der Waals surface area contributed by atoms with Crippen LogP contribution in [0.1, 0.15) is 25.5 Å². The number of sulfonamides is 1. The first-order chi connectivity index (χ1) is 8.32. The highest BCUT2D eigenvalue weighted by Gasteiger charge is 2.23. The van der Waals surface area contributed by atoms with Crippen LogP contribution in [-0.2, 0) is 17.1 Å². The van der Waals surface area contributed by atoms with Crippen LogP contribution >= 0.6 is 11.5 Å². The van der Waals surface area contributed by atoms with Crippen molar-refractivity contribution in [1.29, 1.82) is 0 Å². The summed E-state index contributed by atoms with van der Waals surface area (Å²) in [5.74, 6) is 0.561. The van der Waals surface area contributed by atoms with E-state index in [1.807, 2.05) is 13.8 Å². The molecule has 2 aromatic rings. The Labute approximate surface area is 108 Å². The molecule has 0 spiro atoms. The van der Waals surface area contributed by atoms with Gasteiger partial charge in [-0.2, -0.15) is 0 Å². The number of rotatable bonds is 3. The minimum atomic E-state index is -3.88. The Morgan fingerprint density at radius 3 is 2.44 bits per heavy atom. The van der Waals surface area contributed by atoms with Crippen molar-refractivity contribution in [3.05, 3.63) is 5.69 Å². The Morgan fingerprint density at radius 2 is 1.94 bits per heavy atom. The van der Waals surface area contributed by atoms with Crippen molar-refractivity contribution in [2.75, 3.05) is 0 Å². The van der Waals surface area contributed by atoms with Gasteiger partial charge in [0.15, 0.2) is 5.82 Å². The fourth-order valence-corrected chi connectivity index (χ4v) is 2.95. The standard InChI is InChI=1S/C8H12N6O2S2/c1-4(2)5-6(17-13-10-5)7-11-12-8(14(7)3)18(9,15)16/h4H,1-3H3,(H2,9,15,16). The summed E-state index contributed by atoms with van der Waals surface area (Å²) in [7, 11) is -2.34. The number of nitrogens with zero attached hydrogens (tertiary/aromatic N) is 5. The van der Waals surface area contributed by atoms with E-state index < -0.39 is 10.0 Å². The molecule has 18 heavy (non-hydrogen) atoms. The van der Waals surface area contributed by atoms with Crippen molar-refractivity contribution < 1.29 is 8.42 Å². The van der Waals surface area contributed by atoms with E-state index in [-0.39, 0.29) is 11.1 Å². The third-order valence-electron chi connectivity index (χ3n) is 2.35. The SMILES string of the molecule is CC(C)c1nnsc1-c1nnc(S(N)(=O)=O)n1C. The summed E-state index contributed by atoms with van der Waals surface area (Å²) in [5.41, 5.74) is 0.761. The Kier molecular flexibility index (Phi) is 3.17. The highest BCUT2D eigenvalue weighted by atomic mass is 32.2. The van der Waals surface area contributed by atoms with Gasteiger partial charge in [0.25, 0.3) is 15.2 Å². The molecule has 0 unspecified atom stereocenters. The Balaban J connectivity index is 2.60. The molecule has 0 atom stereocenters. The van der Waals surface area contributed by atoms with Gasteiger partial charge in [0.1, 0.15) is 4.88 Å². The van der Waals surface area contributed by atoms with Crippen LogP contribution in [0.25, 0.3) is 10.7 Å². The molecule has 8 nitrogen and oxygen atoms in total. The molecule has 0 radical (unpaired) electrons. The minimum absolute atomic E-state index is 0.161. The van der Waals surface area contributed by atoms with Gasteiger partial charge in [0.05, 0.1) is 5.69 Å². The maximum absolute atomic E-state index is 11.3. The molecule has 0 aliphatic carbocycles. The number of hydrogen-bond donors (Lipinski definition) is 1. The summed E-state index contributed by atoms with van der Waals surface area (Å²) in [6, 6.07) is 0. The van der Waals surface area contributed by atoms with E-state index in [1.165, 1.54) is 4.57 Å². The fraction of sp³-hybridized carbons (Fsp3) is 0.500. The molecular weight excluding hydrogens is 276 g/mol. The molecule has 0 amide bonds. The second kappa shape index (κ2) is 4.37. The van der Waals surface area contributed by atoms with Gasteiger partial charge in [-0.15, -0.1) is 15.3 Å². The summed E-state index contributed by atoms with van der Waals surface area (Å²) >= 11 is 1.15. The lowest BCUT2D eigenvalue weighted by Gasteiger charge is -2.03. The number of aromatic nitrogens is 5. The van der Waals surface area contributed by atoms with Crippen LogP contribution in [0, 0.1) is 0 Å². The van der Waals surface area contributed by atoms with E-state index in [0.29, 0.717) is 10.7 Å². The third kappa shape index (κ3) is 2.13.